The van der Waals surface area contributed by atoms with E-state index in [9.17, 15) is 0 Å². The molecule has 2 heterocycles. The molecule has 0 radical (unpaired) electrons. The summed E-state index contributed by atoms with van der Waals surface area (Å²) in [4.78, 5) is 8.39. The Bertz CT molecular complexity index is 379. The van der Waals surface area contributed by atoms with E-state index >= 15 is 0 Å². The molecule has 0 bridgehead atoms. The lowest BCUT2D eigenvalue weighted by Gasteiger charge is -1.98. The molecule has 0 aliphatic carbocycles. The van der Waals surface area contributed by atoms with Crippen LogP contribution < -0.4 is 5.73 Å². The highest BCUT2D eigenvalue weighted by molar-refractivity contribution is 5.69. The van der Waals surface area contributed by atoms with Gasteiger partial charge in [0, 0.05) is 19.3 Å². The fourth-order valence-corrected chi connectivity index (χ4v) is 1.20. The SMILES string of the molecule is NCCn1cnc2cccnc21. The highest BCUT2D eigenvalue weighted by Gasteiger charge is 1.99. The topological polar surface area (TPSA) is 56.7 Å². The van der Waals surface area contributed by atoms with Gasteiger partial charge in [0.05, 0.1) is 6.33 Å². The molecule has 2 N–H and O–H groups in total. The number of imidazole rings is 1. The van der Waals surface area contributed by atoms with Crippen molar-refractivity contribution in [3.63, 3.8) is 0 Å². The molecule has 0 saturated carbocycles. The van der Waals surface area contributed by atoms with Crippen LogP contribution in [-0.4, -0.2) is 21.1 Å². The van der Waals surface area contributed by atoms with Crippen molar-refractivity contribution < 1.29 is 0 Å². The van der Waals surface area contributed by atoms with Gasteiger partial charge in [0.25, 0.3) is 0 Å². The molecule has 62 valence electrons. The van der Waals surface area contributed by atoms with Crippen LogP contribution in [0.1, 0.15) is 0 Å². The molecule has 2 rings (SSSR count). The molecular weight excluding hydrogens is 152 g/mol. The maximum atomic E-state index is 5.43. The number of pyridine rings is 1. The fraction of sp³-hybridized carbons (Fsp3) is 0.250. The van der Waals surface area contributed by atoms with Gasteiger partial charge in [0.2, 0.25) is 0 Å². The molecule has 4 heteroatoms. The lowest BCUT2D eigenvalue weighted by atomic mass is 10.4. The first-order chi connectivity index (χ1) is 5.92. The number of fused-ring (bicyclic) bond motifs is 1. The van der Waals surface area contributed by atoms with Crippen molar-refractivity contribution >= 4 is 11.2 Å². The Morgan fingerprint density at radius 3 is 3.17 bits per heavy atom. The molecule has 0 atom stereocenters. The van der Waals surface area contributed by atoms with E-state index in [-0.39, 0.29) is 0 Å². The summed E-state index contributed by atoms with van der Waals surface area (Å²) in [5, 5.41) is 0. The molecule has 0 aliphatic heterocycles. The molecule has 0 unspecified atom stereocenters. The van der Waals surface area contributed by atoms with Crippen LogP contribution in [-0.2, 0) is 6.54 Å². The number of nitrogens with zero attached hydrogens (tertiary/aromatic N) is 3. The van der Waals surface area contributed by atoms with Gasteiger partial charge < -0.3 is 10.3 Å². The van der Waals surface area contributed by atoms with Crippen molar-refractivity contribution in [3.05, 3.63) is 24.7 Å². The number of rotatable bonds is 2. The third-order valence-electron chi connectivity index (χ3n) is 1.74. The second-order valence-electron chi connectivity index (χ2n) is 2.57. The summed E-state index contributed by atoms with van der Waals surface area (Å²) in [6.07, 6.45) is 3.53. The summed E-state index contributed by atoms with van der Waals surface area (Å²) in [7, 11) is 0. The van der Waals surface area contributed by atoms with Crippen molar-refractivity contribution in [1.82, 2.24) is 14.5 Å². The minimum atomic E-state index is 0.613. The van der Waals surface area contributed by atoms with Gasteiger partial charge in [0.15, 0.2) is 5.65 Å². The molecular formula is C8H10N4. The smallest absolute Gasteiger partial charge is 0.159 e. The summed E-state index contributed by atoms with van der Waals surface area (Å²) in [6, 6.07) is 3.82. The van der Waals surface area contributed by atoms with Crippen LogP contribution in [0.5, 0.6) is 0 Å². The molecule has 0 fully saturated rings. The first kappa shape index (κ1) is 7.24. The van der Waals surface area contributed by atoms with Crippen LogP contribution in [0.2, 0.25) is 0 Å². The summed E-state index contributed by atoms with van der Waals surface area (Å²) in [5.74, 6) is 0. The van der Waals surface area contributed by atoms with Crippen LogP contribution in [0.15, 0.2) is 24.7 Å². The Balaban J connectivity index is 2.55. The molecule has 0 saturated heterocycles. The van der Waals surface area contributed by atoms with Crippen LogP contribution >= 0.6 is 0 Å². The largest absolute Gasteiger partial charge is 0.329 e. The highest BCUT2D eigenvalue weighted by Crippen LogP contribution is 2.07. The van der Waals surface area contributed by atoms with Crippen molar-refractivity contribution in [3.8, 4) is 0 Å². The van der Waals surface area contributed by atoms with Gasteiger partial charge in [-0.15, -0.1) is 0 Å². The van der Waals surface area contributed by atoms with Crippen LogP contribution in [0.25, 0.3) is 11.2 Å². The van der Waals surface area contributed by atoms with E-state index in [1.54, 1.807) is 12.5 Å². The van der Waals surface area contributed by atoms with Gasteiger partial charge in [-0.3, -0.25) is 0 Å². The van der Waals surface area contributed by atoms with Crippen LogP contribution in [0.3, 0.4) is 0 Å². The zero-order valence-corrected chi connectivity index (χ0v) is 6.64. The van der Waals surface area contributed by atoms with Gasteiger partial charge in [-0.05, 0) is 12.1 Å². The quantitative estimate of drug-likeness (QED) is 0.695. The molecule has 4 nitrogen and oxygen atoms in total. The number of hydrogen-bond acceptors (Lipinski definition) is 3. The zero-order valence-electron chi connectivity index (χ0n) is 6.64. The molecule has 0 spiro atoms. The van der Waals surface area contributed by atoms with Crippen molar-refractivity contribution in [2.24, 2.45) is 5.73 Å². The summed E-state index contributed by atoms with van der Waals surface area (Å²) >= 11 is 0. The van der Waals surface area contributed by atoms with Gasteiger partial charge in [-0.1, -0.05) is 0 Å². The Morgan fingerprint density at radius 2 is 2.33 bits per heavy atom. The predicted octanol–water partition coefficient (Wildman–Crippen LogP) is 0.390. The maximum absolute atomic E-state index is 5.43. The van der Waals surface area contributed by atoms with Crippen LogP contribution in [0, 0.1) is 0 Å². The minimum absolute atomic E-state index is 0.613. The van der Waals surface area contributed by atoms with E-state index in [2.05, 4.69) is 9.97 Å². The lowest BCUT2D eigenvalue weighted by Crippen LogP contribution is -2.09. The van der Waals surface area contributed by atoms with Crippen molar-refractivity contribution in [1.29, 1.82) is 0 Å². The van der Waals surface area contributed by atoms with Gasteiger partial charge >= 0.3 is 0 Å². The highest BCUT2D eigenvalue weighted by atomic mass is 15.1. The van der Waals surface area contributed by atoms with E-state index < -0.39 is 0 Å². The average Bonchev–Trinajstić information content (AvgIpc) is 2.50. The van der Waals surface area contributed by atoms with E-state index in [4.69, 9.17) is 5.73 Å². The first-order valence-electron chi connectivity index (χ1n) is 3.88. The Hall–Kier alpha value is -1.42. The summed E-state index contributed by atoms with van der Waals surface area (Å²) in [5.41, 5.74) is 7.26. The average molecular weight is 162 g/mol. The first-order valence-corrected chi connectivity index (χ1v) is 3.88. The Kier molecular flexibility index (Phi) is 1.75. The molecule has 2 aromatic rings. The monoisotopic (exact) mass is 162 g/mol. The van der Waals surface area contributed by atoms with Gasteiger partial charge in [-0.25, -0.2) is 9.97 Å². The third-order valence-corrected chi connectivity index (χ3v) is 1.74. The summed E-state index contributed by atoms with van der Waals surface area (Å²) < 4.78 is 1.95. The maximum Gasteiger partial charge on any atom is 0.159 e. The number of aromatic nitrogens is 3. The van der Waals surface area contributed by atoms with Gasteiger partial charge in [-0.2, -0.15) is 0 Å². The normalized spacial score (nSPS) is 10.8. The summed E-state index contributed by atoms with van der Waals surface area (Å²) in [6.45, 7) is 1.38. The Morgan fingerprint density at radius 1 is 1.42 bits per heavy atom. The van der Waals surface area contributed by atoms with Crippen molar-refractivity contribution in [2.45, 2.75) is 6.54 Å². The standard InChI is InChI=1S/C8H10N4/c9-3-5-12-6-11-7-2-1-4-10-8(7)12/h1-2,4,6H,3,5,9H2. The third kappa shape index (κ3) is 1.06. The molecule has 2 aromatic heterocycles. The number of nitrogens with two attached hydrogens (primary N) is 1. The number of hydrogen-bond donors (Lipinski definition) is 1. The van der Waals surface area contributed by atoms with E-state index in [1.807, 2.05) is 16.7 Å². The van der Waals surface area contributed by atoms with Crippen LogP contribution in [0.4, 0.5) is 0 Å². The lowest BCUT2D eigenvalue weighted by molar-refractivity contribution is 0.721. The van der Waals surface area contributed by atoms with E-state index in [0.717, 1.165) is 17.7 Å². The van der Waals surface area contributed by atoms with Gasteiger partial charge in [0.1, 0.15) is 5.52 Å². The van der Waals surface area contributed by atoms with E-state index in [0.29, 0.717) is 6.54 Å². The Labute approximate surface area is 70.0 Å². The van der Waals surface area contributed by atoms with Crippen molar-refractivity contribution in [2.75, 3.05) is 6.54 Å². The second-order valence-corrected chi connectivity index (χ2v) is 2.57. The molecule has 0 aromatic carbocycles. The second kappa shape index (κ2) is 2.91. The fourth-order valence-electron chi connectivity index (χ4n) is 1.20. The zero-order chi connectivity index (χ0) is 8.39. The molecule has 12 heavy (non-hydrogen) atoms. The predicted molar refractivity (Wildman–Crippen MR) is 46.6 cm³/mol. The molecule has 0 amide bonds. The minimum Gasteiger partial charge on any atom is -0.329 e. The van der Waals surface area contributed by atoms with E-state index in [1.165, 1.54) is 0 Å². The molecule has 0 aliphatic rings.